The molecular weight excluding hydrogens is 246 g/mol. The Morgan fingerprint density at radius 3 is 2.63 bits per heavy atom. The summed E-state index contributed by atoms with van der Waals surface area (Å²) in [5, 5.41) is 10.0. The van der Waals surface area contributed by atoms with Crippen molar-refractivity contribution in [3.05, 3.63) is 30.0 Å². The van der Waals surface area contributed by atoms with E-state index in [1.165, 1.54) is 6.92 Å². The van der Waals surface area contributed by atoms with E-state index < -0.39 is 5.97 Å². The Kier molecular flexibility index (Phi) is 3.55. The van der Waals surface area contributed by atoms with Crippen molar-refractivity contribution in [1.29, 1.82) is 0 Å². The number of carboxylic acid groups (broad SMARTS) is 1. The molecule has 0 bridgehead atoms. The Balaban J connectivity index is 2.53. The molecule has 19 heavy (non-hydrogen) atoms. The lowest BCUT2D eigenvalue weighted by Crippen LogP contribution is -2.10. The first kappa shape index (κ1) is 13.1. The summed E-state index contributed by atoms with van der Waals surface area (Å²) in [6.45, 7) is 1.86. The SMILES string of the molecule is COc1ccc2c(c1)cc(C(=O)O)n2CCC(C)=O. The van der Waals surface area contributed by atoms with Crippen molar-refractivity contribution in [1.82, 2.24) is 4.57 Å². The third-order valence-electron chi connectivity index (χ3n) is 3.02. The zero-order valence-corrected chi connectivity index (χ0v) is 10.8. The monoisotopic (exact) mass is 261 g/mol. The molecule has 100 valence electrons. The number of aromatic nitrogens is 1. The minimum absolute atomic E-state index is 0.0340. The van der Waals surface area contributed by atoms with Crippen LogP contribution in [0.1, 0.15) is 23.8 Å². The first-order chi connectivity index (χ1) is 9.02. The summed E-state index contributed by atoms with van der Waals surface area (Å²) in [6.07, 6.45) is 0.316. The molecule has 5 heteroatoms. The summed E-state index contributed by atoms with van der Waals surface area (Å²) in [5.74, 6) is -0.293. The van der Waals surface area contributed by atoms with Gasteiger partial charge >= 0.3 is 5.97 Å². The lowest BCUT2D eigenvalue weighted by atomic mass is 10.2. The van der Waals surface area contributed by atoms with Crippen molar-refractivity contribution in [2.45, 2.75) is 19.9 Å². The zero-order valence-electron chi connectivity index (χ0n) is 10.8. The van der Waals surface area contributed by atoms with E-state index in [1.807, 2.05) is 0 Å². The molecule has 2 aromatic rings. The van der Waals surface area contributed by atoms with E-state index in [-0.39, 0.29) is 11.5 Å². The lowest BCUT2D eigenvalue weighted by Gasteiger charge is -2.07. The number of carboxylic acids is 1. The van der Waals surface area contributed by atoms with E-state index in [2.05, 4.69) is 0 Å². The van der Waals surface area contributed by atoms with Gasteiger partial charge in [-0.05, 0) is 31.2 Å². The largest absolute Gasteiger partial charge is 0.497 e. The number of Topliss-reactive ketones (excluding diaryl/α,β-unsaturated/α-hetero) is 1. The summed E-state index contributed by atoms with van der Waals surface area (Å²) >= 11 is 0. The summed E-state index contributed by atoms with van der Waals surface area (Å²) in [4.78, 5) is 22.3. The van der Waals surface area contributed by atoms with Gasteiger partial charge in [-0.1, -0.05) is 0 Å². The molecule has 0 saturated carbocycles. The molecule has 0 atom stereocenters. The fourth-order valence-corrected chi connectivity index (χ4v) is 2.06. The van der Waals surface area contributed by atoms with Crippen LogP contribution in [0.5, 0.6) is 5.75 Å². The molecule has 5 nitrogen and oxygen atoms in total. The van der Waals surface area contributed by atoms with E-state index in [4.69, 9.17) is 4.74 Å². The Bertz CT molecular complexity index is 642. The van der Waals surface area contributed by atoms with Crippen molar-refractivity contribution >= 4 is 22.7 Å². The van der Waals surface area contributed by atoms with Gasteiger partial charge in [0.25, 0.3) is 0 Å². The van der Waals surface area contributed by atoms with Gasteiger partial charge in [0.2, 0.25) is 0 Å². The Hall–Kier alpha value is -2.30. The van der Waals surface area contributed by atoms with Crippen LogP contribution >= 0.6 is 0 Å². The Labute approximate surface area is 110 Å². The molecule has 1 heterocycles. The summed E-state index contributed by atoms with van der Waals surface area (Å²) < 4.78 is 6.77. The summed E-state index contributed by atoms with van der Waals surface area (Å²) in [6, 6.07) is 6.96. The van der Waals surface area contributed by atoms with Crippen LogP contribution in [0.25, 0.3) is 10.9 Å². The molecule has 0 saturated heterocycles. The first-order valence-corrected chi connectivity index (χ1v) is 5.93. The van der Waals surface area contributed by atoms with Gasteiger partial charge in [0.1, 0.15) is 17.2 Å². The number of methoxy groups -OCH3 is 1. The van der Waals surface area contributed by atoms with Crippen LogP contribution in [0.2, 0.25) is 0 Å². The van der Waals surface area contributed by atoms with E-state index in [0.717, 1.165) is 10.9 Å². The molecule has 0 aliphatic rings. The molecule has 1 aromatic heterocycles. The van der Waals surface area contributed by atoms with Crippen molar-refractivity contribution in [3.8, 4) is 5.75 Å². The van der Waals surface area contributed by atoms with Gasteiger partial charge in [0.05, 0.1) is 7.11 Å². The molecule has 0 fully saturated rings. The van der Waals surface area contributed by atoms with Gasteiger partial charge in [0.15, 0.2) is 0 Å². The van der Waals surface area contributed by atoms with Crippen molar-refractivity contribution in [2.75, 3.05) is 7.11 Å². The number of carbonyl (C=O) groups excluding carboxylic acids is 1. The predicted octanol–water partition coefficient (Wildman–Crippen LogP) is 2.33. The normalized spacial score (nSPS) is 10.6. The second-order valence-corrected chi connectivity index (χ2v) is 4.36. The number of hydrogen-bond donors (Lipinski definition) is 1. The number of nitrogens with zero attached hydrogens (tertiary/aromatic N) is 1. The van der Waals surface area contributed by atoms with Crippen molar-refractivity contribution in [2.24, 2.45) is 0 Å². The zero-order chi connectivity index (χ0) is 14.0. The Morgan fingerprint density at radius 2 is 2.05 bits per heavy atom. The number of aromatic carboxylic acids is 1. The predicted molar refractivity (Wildman–Crippen MR) is 70.7 cm³/mol. The minimum Gasteiger partial charge on any atom is -0.497 e. The van der Waals surface area contributed by atoms with Crippen LogP contribution in [0.3, 0.4) is 0 Å². The molecule has 2 rings (SSSR count). The summed E-state index contributed by atoms with van der Waals surface area (Å²) in [7, 11) is 1.56. The van der Waals surface area contributed by atoms with Gasteiger partial charge in [-0.3, -0.25) is 4.79 Å². The lowest BCUT2D eigenvalue weighted by molar-refractivity contribution is -0.117. The van der Waals surface area contributed by atoms with Gasteiger partial charge < -0.3 is 14.4 Å². The van der Waals surface area contributed by atoms with E-state index in [1.54, 1.807) is 35.9 Å². The molecule has 1 aromatic carbocycles. The quantitative estimate of drug-likeness (QED) is 0.896. The number of carbonyl (C=O) groups is 2. The third-order valence-corrected chi connectivity index (χ3v) is 3.02. The second-order valence-electron chi connectivity index (χ2n) is 4.36. The van der Waals surface area contributed by atoms with Gasteiger partial charge in [-0.15, -0.1) is 0 Å². The van der Waals surface area contributed by atoms with Gasteiger partial charge in [-0.2, -0.15) is 0 Å². The summed E-state index contributed by atoms with van der Waals surface area (Å²) in [5.41, 5.74) is 0.976. The van der Waals surface area contributed by atoms with Crippen LogP contribution in [0, 0.1) is 0 Å². The third kappa shape index (κ3) is 2.59. The van der Waals surface area contributed by atoms with Crippen LogP contribution < -0.4 is 4.74 Å². The number of fused-ring (bicyclic) bond motifs is 1. The second kappa shape index (κ2) is 5.14. The maximum Gasteiger partial charge on any atom is 0.352 e. The highest BCUT2D eigenvalue weighted by Gasteiger charge is 2.15. The number of rotatable bonds is 5. The highest BCUT2D eigenvalue weighted by atomic mass is 16.5. The van der Waals surface area contributed by atoms with E-state index >= 15 is 0 Å². The average Bonchev–Trinajstić information content (AvgIpc) is 2.73. The highest BCUT2D eigenvalue weighted by Crippen LogP contribution is 2.25. The molecule has 1 N–H and O–H groups in total. The molecule has 0 radical (unpaired) electrons. The fourth-order valence-electron chi connectivity index (χ4n) is 2.06. The number of ketones is 1. The highest BCUT2D eigenvalue weighted by molar-refractivity contribution is 5.95. The van der Waals surface area contributed by atoms with E-state index in [0.29, 0.717) is 18.7 Å². The van der Waals surface area contributed by atoms with Crippen LogP contribution in [-0.2, 0) is 11.3 Å². The molecule has 0 aliphatic heterocycles. The van der Waals surface area contributed by atoms with Gasteiger partial charge in [-0.25, -0.2) is 4.79 Å². The standard InChI is InChI=1S/C14H15NO4/c1-9(16)5-6-15-12-4-3-11(19-2)7-10(12)8-13(15)14(17)18/h3-4,7-8H,5-6H2,1-2H3,(H,17,18). The Morgan fingerprint density at radius 1 is 1.32 bits per heavy atom. The topological polar surface area (TPSA) is 68.5 Å². The maximum atomic E-state index is 11.3. The molecule has 0 aliphatic carbocycles. The van der Waals surface area contributed by atoms with Crippen molar-refractivity contribution < 1.29 is 19.4 Å². The number of hydrogen-bond acceptors (Lipinski definition) is 3. The number of ether oxygens (including phenoxy) is 1. The number of aryl methyl sites for hydroxylation is 1. The van der Waals surface area contributed by atoms with Crippen molar-refractivity contribution in [3.63, 3.8) is 0 Å². The number of benzene rings is 1. The van der Waals surface area contributed by atoms with Crippen LogP contribution in [0.15, 0.2) is 24.3 Å². The molecular formula is C14H15NO4. The van der Waals surface area contributed by atoms with E-state index in [9.17, 15) is 14.7 Å². The molecule has 0 spiro atoms. The maximum absolute atomic E-state index is 11.3. The fraction of sp³-hybridized carbons (Fsp3) is 0.286. The van der Waals surface area contributed by atoms with Crippen LogP contribution in [-0.4, -0.2) is 28.5 Å². The first-order valence-electron chi connectivity index (χ1n) is 5.93. The smallest absolute Gasteiger partial charge is 0.352 e. The average molecular weight is 261 g/mol. The molecule has 0 unspecified atom stereocenters. The van der Waals surface area contributed by atoms with Gasteiger partial charge in [0, 0.05) is 23.9 Å². The van der Waals surface area contributed by atoms with Crippen LogP contribution in [0.4, 0.5) is 0 Å². The molecule has 0 amide bonds. The minimum atomic E-state index is -1.00.